The molecule has 2 heterocycles. The zero-order valence-electron chi connectivity index (χ0n) is 10.0. The minimum absolute atomic E-state index is 0.267. The number of alkyl halides is 1. The topological polar surface area (TPSA) is 67.8 Å². The molecule has 2 fully saturated rings. The standard InChI is InChI=1S/C13H14ClNO4/c14-9-10(11(16)8-6-18-13(9)19-8)15-12(17)7-4-2-1-3-5-7/h1-5,8-11,13,16H,6H2,(H,15,17). The number of aliphatic hydroxyl groups excluding tert-OH is 1. The molecule has 0 aromatic heterocycles. The summed E-state index contributed by atoms with van der Waals surface area (Å²) in [5.41, 5.74) is 0.526. The van der Waals surface area contributed by atoms with Gasteiger partial charge < -0.3 is 19.9 Å². The molecule has 2 aliphatic heterocycles. The largest absolute Gasteiger partial charge is 0.388 e. The number of nitrogens with one attached hydrogen (secondary N) is 1. The van der Waals surface area contributed by atoms with Gasteiger partial charge in [0, 0.05) is 5.56 Å². The van der Waals surface area contributed by atoms with E-state index in [0.29, 0.717) is 12.2 Å². The van der Waals surface area contributed by atoms with Crippen LogP contribution in [-0.4, -0.2) is 47.5 Å². The van der Waals surface area contributed by atoms with Gasteiger partial charge in [0.2, 0.25) is 0 Å². The minimum Gasteiger partial charge on any atom is -0.388 e. The summed E-state index contributed by atoms with van der Waals surface area (Å²) in [6.07, 6.45) is -1.87. The third-order valence-electron chi connectivity index (χ3n) is 3.42. The average molecular weight is 284 g/mol. The summed E-state index contributed by atoms with van der Waals surface area (Å²) in [5.74, 6) is -0.267. The second kappa shape index (κ2) is 5.09. The SMILES string of the molecule is O=C(NC1C(O)C2COC(O2)C1Cl)c1ccccc1. The van der Waals surface area contributed by atoms with Crippen molar-refractivity contribution in [1.82, 2.24) is 5.32 Å². The molecule has 1 aromatic rings. The van der Waals surface area contributed by atoms with Crippen LogP contribution in [0.15, 0.2) is 30.3 Å². The van der Waals surface area contributed by atoms with Gasteiger partial charge in [-0.15, -0.1) is 11.6 Å². The van der Waals surface area contributed by atoms with E-state index in [1.807, 2.05) is 6.07 Å². The molecule has 0 saturated carbocycles. The van der Waals surface area contributed by atoms with Crippen molar-refractivity contribution in [2.45, 2.75) is 29.9 Å². The fourth-order valence-corrected chi connectivity index (χ4v) is 2.71. The molecular formula is C13H14ClNO4. The van der Waals surface area contributed by atoms with Crippen LogP contribution in [0.2, 0.25) is 0 Å². The van der Waals surface area contributed by atoms with Crippen molar-refractivity contribution in [3.05, 3.63) is 35.9 Å². The highest BCUT2D eigenvalue weighted by atomic mass is 35.5. The molecule has 5 nitrogen and oxygen atoms in total. The van der Waals surface area contributed by atoms with E-state index in [1.165, 1.54) is 0 Å². The smallest absolute Gasteiger partial charge is 0.251 e. The highest BCUT2D eigenvalue weighted by molar-refractivity contribution is 6.21. The van der Waals surface area contributed by atoms with Crippen LogP contribution in [0.25, 0.3) is 0 Å². The zero-order valence-corrected chi connectivity index (χ0v) is 10.8. The molecule has 3 rings (SSSR count). The van der Waals surface area contributed by atoms with E-state index in [0.717, 1.165) is 0 Å². The first-order valence-electron chi connectivity index (χ1n) is 6.12. The third-order valence-corrected chi connectivity index (χ3v) is 3.90. The molecule has 2 saturated heterocycles. The van der Waals surface area contributed by atoms with Crippen molar-refractivity contribution < 1.29 is 19.4 Å². The summed E-state index contributed by atoms with van der Waals surface area (Å²) < 4.78 is 10.7. The first-order valence-corrected chi connectivity index (χ1v) is 6.55. The first kappa shape index (κ1) is 12.9. The van der Waals surface area contributed by atoms with Gasteiger partial charge in [-0.2, -0.15) is 0 Å². The van der Waals surface area contributed by atoms with E-state index in [4.69, 9.17) is 21.1 Å². The molecule has 1 aromatic carbocycles. The van der Waals surface area contributed by atoms with Gasteiger partial charge in [0.15, 0.2) is 6.29 Å². The highest BCUT2D eigenvalue weighted by Gasteiger charge is 2.49. The monoisotopic (exact) mass is 283 g/mol. The van der Waals surface area contributed by atoms with Crippen LogP contribution >= 0.6 is 11.6 Å². The normalized spacial score (nSPS) is 37.1. The lowest BCUT2D eigenvalue weighted by atomic mass is 9.99. The maximum absolute atomic E-state index is 12.1. The number of halogens is 1. The van der Waals surface area contributed by atoms with Crippen molar-refractivity contribution in [1.29, 1.82) is 0 Å². The second-order valence-electron chi connectivity index (χ2n) is 4.68. The predicted molar refractivity (Wildman–Crippen MR) is 68.0 cm³/mol. The van der Waals surface area contributed by atoms with Crippen LogP contribution in [0, 0.1) is 0 Å². The van der Waals surface area contributed by atoms with Gasteiger partial charge in [-0.1, -0.05) is 18.2 Å². The molecule has 0 radical (unpaired) electrons. The van der Waals surface area contributed by atoms with Crippen molar-refractivity contribution in [3.8, 4) is 0 Å². The average Bonchev–Trinajstić information content (AvgIpc) is 2.89. The van der Waals surface area contributed by atoms with E-state index in [1.54, 1.807) is 24.3 Å². The van der Waals surface area contributed by atoms with Gasteiger partial charge in [-0.3, -0.25) is 4.79 Å². The van der Waals surface area contributed by atoms with Gasteiger partial charge in [-0.05, 0) is 12.1 Å². The lowest BCUT2D eigenvalue weighted by Gasteiger charge is -2.35. The van der Waals surface area contributed by atoms with Gasteiger partial charge in [0.05, 0.1) is 12.6 Å². The summed E-state index contributed by atoms with van der Waals surface area (Å²) in [4.78, 5) is 12.1. The van der Waals surface area contributed by atoms with Crippen LogP contribution in [0.3, 0.4) is 0 Å². The number of benzene rings is 1. The van der Waals surface area contributed by atoms with E-state index in [2.05, 4.69) is 5.32 Å². The van der Waals surface area contributed by atoms with Crippen molar-refractivity contribution >= 4 is 17.5 Å². The highest BCUT2D eigenvalue weighted by Crippen LogP contribution is 2.31. The van der Waals surface area contributed by atoms with Crippen molar-refractivity contribution in [2.75, 3.05) is 6.61 Å². The second-order valence-corrected chi connectivity index (χ2v) is 5.18. The van der Waals surface area contributed by atoms with E-state index in [-0.39, 0.29) is 5.91 Å². The molecule has 1 amide bonds. The molecule has 6 heteroatoms. The molecular weight excluding hydrogens is 270 g/mol. The van der Waals surface area contributed by atoms with Gasteiger partial charge in [-0.25, -0.2) is 0 Å². The lowest BCUT2D eigenvalue weighted by molar-refractivity contribution is -0.127. The Morgan fingerprint density at radius 1 is 1.37 bits per heavy atom. The Morgan fingerprint density at radius 2 is 2.11 bits per heavy atom. The summed E-state index contributed by atoms with van der Waals surface area (Å²) in [6, 6.07) is 8.21. The Morgan fingerprint density at radius 3 is 2.84 bits per heavy atom. The predicted octanol–water partition coefficient (Wildman–Crippen LogP) is 0.508. The number of amides is 1. The summed E-state index contributed by atoms with van der Waals surface area (Å²) in [6.45, 7) is 0.298. The van der Waals surface area contributed by atoms with Crippen LogP contribution in [-0.2, 0) is 9.47 Å². The lowest BCUT2D eigenvalue weighted by Crippen LogP contribution is -2.59. The maximum atomic E-state index is 12.1. The number of ether oxygens (including phenoxy) is 2. The minimum atomic E-state index is -0.867. The Labute approximate surface area is 115 Å². The Kier molecular flexibility index (Phi) is 3.45. The Hall–Kier alpha value is -1.14. The quantitative estimate of drug-likeness (QED) is 0.776. The fraction of sp³-hybridized carbons (Fsp3) is 0.462. The number of carbonyl (C=O) groups is 1. The molecule has 2 aliphatic rings. The molecule has 0 aliphatic carbocycles. The van der Waals surface area contributed by atoms with E-state index in [9.17, 15) is 9.90 Å². The number of fused-ring (bicyclic) bond motifs is 2. The van der Waals surface area contributed by atoms with Crippen LogP contribution in [0.5, 0.6) is 0 Å². The third kappa shape index (κ3) is 2.34. The summed E-state index contributed by atoms with van der Waals surface area (Å²) in [7, 11) is 0. The van der Waals surface area contributed by atoms with Crippen LogP contribution in [0.1, 0.15) is 10.4 Å². The first-order chi connectivity index (χ1) is 9.16. The Balaban J connectivity index is 1.74. The molecule has 5 unspecified atom stereocenters. The van der Waals surface area contributed by atoms with E-state index < -0.39 is 29.9 Å². The number of hydrogen-bond acceptors (Lipinski definition) is 4. The van der Waals surface area contributed by atoms with Gasteiger partial charge >= 0.3 is 0 Å². The molecule has 0 spiro atoms. The van der Waals surface area contributed by atoms with Crippen molar-refractivity contribution in [2.24, 2.45) is 0 Å². The van der Waals surface area contributed by atoms with Crippen LogP contribution in [0.4, 0.5) is 0 Å². The number of rotatable bonds is 2. The molecule has 19 heavy (non-hydrogen) atoms. The Bertz CT molecular complexity index is 453. The molecule has 102 valence electrons. The number of hydrogen-bond donors (Lipinski definition) is 2. The molecule has 2 bridgehead atoms. The van der Waals surface area contributed by atoms with Crippen LogP contribution < -0.4 is 5.32 Å². The van der Waals surface area contributed by atoms with Crippen molar-refractivity contribution in [3.63, 3.8) is 0 Å². The fourth-order valence-electron chi connectivity index (χ4n) is 2.36. The van der Waals surface area contributed by atoms with E-state index >= 15 is 0 Å². The zero-order chi connectivity index (χ0) is 13.4. The van der Waals surface area contributed by atoms with Gasteiger partial charge in [0.1, 0.15) is 17.6 Å². The maximum Gasteiger partial charge on any atom is 0.251 e. The number of aliphatic hydroxyl groups is 1. The summed E-state index contributed by atoms with van der Waals surface area (Å²) in [5, 5.41) is 12.3. The van der Waals surface area contributed by atoms with Gasteiger partial charge in [0.25, 0.3) is 5.91 Å². The molecule has 5 atom stereocenters. The molecule has 2 N–H and O–H groups in total. The summed E-state index contributed by atoms with van der Waals surface area (Å²) >= 11 is 6.18. The number of carbonyl (C=O) groups excluding carboxylic acids is 1.